The summed E-state index contributed by atoms with van der Waals surface area (Å²) in [5.41, 5.74) is 8.19. The molecule has 2 N–H and O–H groups in total. The first-order valence-electron chi connectivity index (χ1n) is 6.27. The van der Waals surface area contributed by atoms with E-state index >= 15 is 0 Å². The first kappa shape index (κ1) is 15.4. The van der Waals surface area contributed by atoms with Gasteiger partial charge in [0.25, 0.3) is 0 Å². The second kappa shape index (κ2) is 6.16. The average molecular weight is 359 g/mol. The molecule has 1 heterocycles. The Bertz CT molecular complexity index is 612. The molecule has 2 aromatic rings. The summed E-state index contributed by atoms with van der Waals surface area (Å²) in [7, 11) is 1.62. The summed E-state index contributed by atoms with van der Waals surface area (Å²) in [5.74, 6) is 0.692. The van der Waals surface area contributed by atoms with Gasteiger partial charge in [0.1, 0.15) is 5.69 Å². The van der Waals surface area contributed by atoms with Gasteiger partial charge in [0.2, 0.25) is 0 Å². The number of rotatable bonds is 4. The lowest BCUT2D eigenvalue weighted by Gasteiger charge is -2.18. The normalized spacial score (nSPS) is 12.8. The Labute approximate surface area is 132 Å². The maximum Gasteiger partial charge on any atom is 0.161 e. The lowest BCUT2D eigenvalue weighted by Crippen LogP contribution is -2.19. The number of methoxy groups -OCH3 is 1. The van der Waals surface area contributed by atoms with Crippen molar-refractivity contribution in [3.63, 3.8) is 0 Å². The molecule has 0 amide bonds. The van der Waals surface area contributed by atoms with Crippen molar-refractivity contribution in [3.8, 4) is 5.75 Å². The van der Waals surface area contributed by atoms with E-state index in [4.69, 9.17) is 22.1 Å². The van der Waals surface area contributed by atoms with Crippen molar-refractivity contribution in [3.05, 3.63) is 45.1 Å². The van der Waals surface area contributed by atoms with E-state index in [0.29, 0.717) is 10.8 Å². The summed E-state index contributed by atoms with van der Waals surface area (Å²) in [6.07, 6.45) is 1.69. The number of ether oxygens (including phenoxy) is 1. The van der Waals surface area contributed by atoms with E-state index in [1.165, 1.54) is 0 Å². The van der Waals surface area contributed by atoms with Gasteiger partial charge in [-0.3, -0.25) is 4.68 Å². The van der Waals surface area contributed by atoms with E-state index in [-0.39, 0.29) is 12.1 Å². The number of aromatic nitrogens is 2. The van der Waals surface area contributed by atoms with Gasteiger partial charge in [0, 0.05) is 10.5 Å². The minimum Gasteiger partial charge on any atom is -0.493 e. The molecular weight excluding hydrogens is 342 g/mol. The van der Waals surface area contributed by atoms with Gasteiger partial charge in [0.05, 0.1) is 24.4 Å². The van der Waals surface area contributed by atoms with Crippen LogP contribution < -0.4 is 10.5 Å². The molecule has 6 heteroatoms. The van der Waals surface area contributed by atoms with Gasteiger partial charge in [-0.05, 0) is 47.5 Å². The topological polar surface area (TPSA) is 53.1 Å². The number of halogens is 2. The van der Waals surface area contributed by atoms with Crippen LogP contribution in [0.2, 0.25) is 5.02 Å². The molecule has 2 rings (SSSR count). The Morgan fingerprint density at radius 1 is 1.40 bits per heavy atom. The molecule has 20 heavy (non-hydrogen) atoms. The fourth-order valence-corrected chi connectivity index (χ4v) is 2.60. The zero-order chi connectivity index (χ0) is 14.9. The van der Waals surface area contributed by atoms with Crippen LogP contribution >= 0.6 is 27.5 Å². The average Bonchev–Trinajstić information content (AvgIpc) is 2.85. The highest BCUT2D eigenvalue weighted by Gasteiger charge is 2.22. The van der Waals surface area contributed by atoms with Crippen molar-refractivity contribution < 1.29 is 4.74 Å². The molecule has 0 aliphatic carbocycles. The fourth-order valence-electron chi connectivity index (χ4n) is 2.08. The molecule has 0 aliphatic heterocycles. The van der Waals surface area contributed by atoms with E-state index in [1.807, 2.05) is 22.9 Å². The molecule has 1 aromatic heterocycles. The van der Waals surface area contributed by atoms with Gasteiger partial charge in [0.15, 0.2) is 5.75 Å². The molecule has 0 aliphatic rings. The molecule has 1 unspecified atom stereocenters. The predicted molar refractivity (Wildman–Crippen MR) is 84.3 cm³/mol. The monoisotopic (exact) mass is 357 g/mol. The Kier molecular flexibility index (Phi) is 4.73. The summed E-state index contributed by atoms with van der Waals surface area (Å²) in [6.45, 7) is 4.11. The van der Waals surface area contributed by atoms with Crippen LogP contribution in [0.5, 0.6) is 5.75 Å². The largest absolute Gasteiger partial charge is 0.493 e. The van der Waals surface area contributed by atoms with Crippen LogP contribution in [0, 0.1) is 0 Å². The molecule has 1 atom stereocenters. The lowest BCUT2D eigenvalue weighted by atomic mass is 10.0. The smallest absolute Gasteiger partial charge is 0.161 e. The van der Waals surface area contributed by atoms with Crippen LogP contribution in [-0.4, -0.2) is 16.9 Å². The molecule has 0 saturated heterocycles. The Hall–Kier alpha value is -1.04. The van der Waals surface area contributed by atoms with Gasteiger partial charge in [-0.1, -0.05) is 17.7 Å². The summed E-state index contributed by atoms with van der Waals surface area (Å²) >= 11 is 9.44. The van der Waals surface area contributed by atoms with Crippen LogP contribution in [0.15, 0.2) is 28.9 Å². The Balaban J connectivity index is 2.49. The first-order chi connectivity index (χ1) is 9.45. The quantitative estimate of drug-likeness (QED) is 0.900. The van der Waals surface area contributed by atoms with Crippen molar-refractivity contribution >= 4 is 27.5 Å². The predicted octanol–water partition coefficient (Wildman–Crippen LogP) is 3.94. The molecule has 1 aromatic carbocycles. The van der Waals surface area contributed by atoms with E-state index < -0.39 is 0 Å². The molecule has 0 saturated carbocycles. The number of nitrogens with zero attached hydrogens (tertiary/aromatic N) is 2. The first-order valence-corrected chi connectivity index (χ1v) is 7.44. The number of hydrogen-bond acceptors (Lipinski definition) is 3. The molecular formula is C14H17BrClN3O. The minimum atomic E-state index is -0.330. The molecule has 0 bridgehead atoms. The summed E-state index contributed by atoms with van der Waals surface area (Å²) in [4.78, 5) is 0. The Morgan fingerprint density at radius 2 is 2.10 bits per heavy atom. The number of hydrogen-bond donors (Lipinski definition) is 1. The summed E-state index contributed by atoms with van der Waals surface area (Å²) in [5, 5.41) is 5.00. The molecule has 0 radical (unpaired) electrons. The number of nitrogens with two attached hydrogens (primary N) is 1. The third kappa shape index (κ3) is 2.85. The van der Waals surface area contributed by atoms with Crippen molar-refractivity contribution in [1.29, 1.82) is 0 Å². The van der Waals surface area contributed by atoms with Crippen LogP contribution in [0.25, 0.3) is 0 Å². The lowest BCUT2D eigenvalue weighted by molar-refractivity contribution is 0.401. The SMILES string of the molecule is COc1cnn(C(C)C)c1C(N)c1ccc(Cl)c(Br)c1. The van der Waals surface area contributed by atoms with E-state index in [2.05, 4.69) is 34.9 Å². The maximum absolute atomic E-state index is 6.39. The van der Waals surface area contributed by atoms with Crippen molar-refractivity contribution in [2.45, 2.75) is 25.9 Å². The zero-order valence-corrected chi connectivity index (χ0v) is 13.9. The van der Waals surface area contributed by atoms with Gasteiger partial charge < -0.3 is 10.5 Å². The fraction of sp³-hybridized carbons (Fsp3) is 0.357. The van der Waals surface area contributed by atoms with Crippen molar-refractivity contribution in [1.82, 2.24) is 9.78 Å². The van der Waals surface area contributed by atoms with E-state index in [0.717, 1.165) is 15.7 Å². The third-order valence-electron chi connectivity index (χ3n) is 3.11. The second-order valence-corrected chi connectivity index (χ2v) is 6.05. The van der Waals surface area contributed by atoms with Gasteiger partial charge in [-0.2, -0.15) is 5.10 Å². The van der Waals surface area contributed by atoms with Gasteiger partial charge in [-0.25, -0.2) is 0 Å². The highest BCUT2D eigenvalue weighted by Crippen LogP contribution is 2.33. The van der Waals surface area contributed by atoms with Crippen LogP contribution in [0.1, 0.15) is 37.2 Å². The van der Waals surface area contributed by atoms with E-state index in [1.54, 1.807) is 13.3 Å². The Morgan fingerprint density at radius 3 is 2.65 bits per heavy atom. The molecule has 0 fully saturated rings. The minimum absolute atomic E-state index is 0.204. The van der Waals surface area contributed by atoms with Crippen LogP contribution in [0.3, 0.4) is 0 Å². The third-order valence-corrected chi connectivity index (χ3v) is 4.32. The molecule has 108 valence electrons. The molecule has 4 nitrogen and oxygen atoms in total. The van der Waals surface area contributed by atoms with Crippen molar-refractivity contribution in [2.24, 2.45) is 5.73 Å². The number of benzene rings is 1. The summed E-state index contributed by atoms with van der Waals surface area (Å²) in [6, 6.07) is 5.53. The van der Waals surface area contributed by atoms with Crippen LogP contribution in [0.4, 0.5) is 0 Å². The highest BCUT2D eigenvalue weighted by atomic mass is 79.9. The maximum atomic E-state index is 6.39. The second-order valence-electron chi connectivity index (χ2n) is 4.79. The van der Waals surface area contributed by atoms with Gasteiger partial charge >= 0.3 is 0 Å². The van der Waals surface area contributed by atoms with E-state index in [9.17, 15) is 0 Å². The molecule has 0 spiro atoms. The van der Waals surface area contributed by atoms with Crippen molar-refractivity contribution in [2.75, 3.05) is 7.11 Å². The standard InChI is InChI=1S/C14H17BrClN3O/c1-8(2)19-14(12(20-3)7-18-19)13(17)9-4-5-11(16)10(15)6-9/h4-8,13H,17H2,1-3H3. The van der Waals surface area contributed by atoms with Gasteiger partial charge in [-0.15, -0.1) is 0 Å². The van der Waals surface area contributed by atoms with Crippen LogP contribution in [-0.2, 0) is 0 Å². The summed E-state index contributed by atoms with van der Waals surface area (Å²) < 4.78 is 8.07. The highest BCUT2D eigenvalue weighted by molar-refractivity contribution is 9.10. The zero-order valence-electron chi connectivity index (χ0n) is 11.6.